The highest BCUT2D eigenvalue weighted by molar-refractivity contribution is 6.35. The highest BCUT2D eigenvalue weighted by Crippen LogP contribution is 2.24. The number of pyridine rings is 2. The molecule has 1 amide bonds. The number of hydrogen-bond acceptors (Lipinski definition) is 4. The van der Waals surface area contributed by atoms with Gasteiger partial charge < -0.3 is 14.6 Å². The minimum atomic E-state index is -0.285. The summed E-state index contributed by atoms with van der Waals surface area (Å²) in [5.41, 5.74) is -0.231. The molecule has 0 spiro atoms. The Bertz CT molecular complexity index is 718. The smallest absolute Gasteiger partial charge is 0.250 e. The molecule has 0 bridgehead atoms. The van der Waals surface area contributed by atoms with Crippen molar-refractivity contribution in [2.75, 3.05) is 13.2 Å². The second-order valence-electron chi connectivity index (χ2n) is 4.31. The van der Waals surface area contributed by atoms with E-state index in [9.17, 15) is 9.59 Å². The molecule has 0 saturated carbocycles. The highest BCUT2D eigenvalue weighted by atomic mass is 35.5. The van der Waals surface area contributed by atoms with Crippen LogP contribution in [0.3, 0.4) is 0 Å². The van der Waals surface area contributed by atoms with E-state index in [1.54, 1.807) is 18.3 Å². The van der Waals surface area contributed by atoms with Gasteiger partial charge in [-0.1, -0.05) is 29.3 Å². The number of nitrogens with one attached hydrogen (secondary N) is 1. The average Bonchev–Trinajstić information content (AvgIpc) is 2.48. The molecule has 2 aromatic heterocycles. The number of carbonyl (C=O) groups is 1. The monoisotopic (exact) mass is 341 g/mol. The largest absolute Gasteiger partial charge is 0.475 e. The first-order valence-electron chi connectivity index (χ1n) is 6.42. The molecule has 0 aliphatic carbocycles. The zero-order valence-electron chi connectivity index (χ0n) is 11.5. The Balaban J connectivity index is 1.76. The first-order chi connectivity index (χ1) is 10.6. The fraction of sp³-hybridized carbons (Fsp3) is 0.214. The maximum atomic E-state index is 11.7. The molecule has 1 N–H and O–H groups in total. The van der Waals surface area contributed by atoms with Gasteiger partial charge in [-0.05, 0) is 12.1 Å². The highest BCUT2D eigenvalue weighted by Gasteiger charge is 2.06. The van der Waals surface area contributed by atoms with E-state index in [0.29, 0.717) is 10.0 Å². The first-order valence-corrected chi connectivity index (χ1v) is 7.18. The van der Waals surface area contributed by atoms with Crippen LogP contribution in [0.15, 0.2) is 41.5 Å². The van der Waals surface area contributed by atoms with E-state index < -0.39 is 0 Å². The molecule has 116 valence electrons. The van der Waals surface area contributed by atoms with Gasteiger partial charge in [-0.2, -0.15) is 0 Å². The summed E-state index contributed by atoms with van der Waals surface area (Å²) in [6, 6.07) is 6.22. The van der Waals surface area contributed by atoms with Gasteiger partial charge in [0.2, 0.25) is 11.8 Å². The van der Waals surface area contributed by atoms with E-state index in [-0.39, 0.29) is 37.0 Å². The van der Waals surface area contributed by atoms with Gasteiger partial charge in [0.15, 0.2) is 0 Å². The van der Waals surface area contributed by atoms with Crippen LogP contribution < -0.4 is 15.6 Å². The third-order valence-electron chi connectivity index (χ3n) is 2.65. The molecular formula is C14H13Cl2N3O3. The number of halogens is 2. The van der Waals surface area contributed by atoms with Gasteiger partial charge in [0.05, 0.1) is 11.6 Å². The zero-order valence-corrected chi connectivity index (χ0v) is 13.0. The summed E-state index contributed by atoms with van der Waals surface area (Å²) in [7, 11) is 0. The summed E-state index contributed by atoms with van der Waals surface area (Å²) in [5.74, 6) is -0.0355. The predicted molar refractivity (Wildman–Crippen MR) is 83.5 cm³/mol. The Hall–Kier alpha value is -2.05. The molecule has 0 aromatic carbocycles. The van der Waals surface area contributed by atoms with Crippen LogP contribution in [-0.4, -0.2) is 28.6 Å². The van der Waals surface area contributed by atoms with Gasteiger partial charge in [-0.3, -0.25) is 9.59 Å². The van der Waals surface area contributed by atoms with Crippen LogP contribution in [0.1, 0.15) is 0 Å². The maximum Gasteiger partial charge on any atom is 0.250 e. The third-order valence-corrected chi connectivity index (χ3v) is 3.13. The van der Waals surface area contributed by atoms with Crippen LogP contribution in [0.5, 0.6) is 5.88 Å². The number of nitrogens with zero attached hydrogens (tertiary/aromatic N) is 2. The lowest BCUT2D eigenvalue weighted by atomic mass is 10.4. The zero-order chi connectivity index (χ0) is 15.9. The molecular weight excluding hydrogens is 329 g/mol. The van der Waals surface area contributed by atoms with Crippen molar-refractivity contribution in [2.45, 2.75) is 6.54 Å². The molecule has 0 radical (unpaired) electrons. The van der Waals surface area contributed by atoms with E-state index >= 15 is 0 Å². The normalized spacial score (nSPS) is 10.3. The quantitative estimate of drug-likeness (QED) is 0.812. The number of aromatic nitrogens is 2. The first kappa shape index (κ1) is 16.3. The number of amides is 1. The maximum absolute atomic E-state index is 11.7. The number of rotatable bonds is 6. The summed E-state index contributed by atoms with van der Waals surface area (Å²) in [6.45, 7) is 0.421. The van der Waals surface area contributed by atoms with Crippen LogP contribution in [0.2, 0.25) is 10.0 Å². The summed E-state index contributed by atoms with van der Waals surface area (Å²) in [5, 5.41) is 3.36. The van der Waals surface area contributed by atoms with Crippen molar-refractivity contribution in [3.63, 3.8) is 0 Å². The average molecular weight is 342 g/mol. The van der Waals surface area contributed by atoms with Crippen LogP contribution in [-0.2, 0) is 11.3 Å². The van der Waals surface area contributed by atoms with Gasteiger partial charge in [0.1, 0.15) is 18.2 Å². The summed E-state index contributed by atoms with van der Waals surface area (Å²) >= 11 is 11.6. The van der Waals surface area contributed by atoms with Crippen molar-refractivity contribution in [1.29, 1.82) is 0 Å². The van der Waals surface area contributed by atoms with Crippen molar-refractivity contribution in [1.82, 2.24) is 14.9 Å². The third kappa shape index (κ3) is 4.75. The fourth-order valence-electron chi connectivity index (χ4n) is 1.65. The van der Waals surface area contributed by atoms with Crippen LogP contribution in [0, 0.1) is 0 Å². The Labute approximate surface area is 136 Å². The Kier molecular flexibility index (Phi) is 5.80. The van der Waals surface area contributed by atoms with Crippen LogP contribution >= 0.6 is 23.2 Å². The van der Waals surface area contributed by atoms with Crippen molar-refractivity contribution < 1.29 is 9.53 Å². The molecule has 0 aliphatic rings. The minimum Gasteiger partial charge on any atom is -0.475 e. The lowest BCUT2D eigenvalue weighted by molar-refractivity contribution is -0.121. The topological polar surface area (TPSA) is 73.2 Å². The molecule has 8 heteroatoms. The summed E-state index contributed by atoms with van der Waals surface area (Å²) in [6.07, 6.45) is 2.97. The number of hydrogen-bond donors (Lipinski definition) is 1. The lowest BCUT2D eigenvalue weighted by Gasteiger charge is -2.09. The molecule has 2 rings (SSSR count). The minimum absolute atomic E-state index is 0.0420. The molecule has 0 fully saturated rings. The van der Waals surface area contributed by atoms with E-state index in [2.05, 4.69) is 10.3 Å². The Morgan fingerprint density at radius 1 is 1.36 bits per heavy atom. The number of ether oxygens (including phenoxy) is 1. The molecule has 2 aromatic rings. The predicted octanol–water partition coefficient (Wildman–Crippen LogP) is 1.75. The van der Waals surface area contributed by atoms with Gasteiger partial charge in [0, 0.05) is 18.5 Å². The van der Waals surface area contributed by atoms with Crippen LogP contribution in [0.4, 0.5) is 0 Å². The SMILES string of the molecule is O=C(Cn1ccccc1=O)NCCOc1ncc(Cl)cc1Cl. The molecule has 0 unspecified atom stereocenters. The molecule has 2 heterocycles. The second kappa shape index (κ2) is 7.82. The molecule has 0 saturated heterocycles. The molecule has 0 atom stereocenters. The van der Waals surface area contributed by atoms with Crippen LogP contribution in [0.25, 0.3) is 0 Å². The van der Waals surface area contributed by atoms with E-state index in [1.165, 1.54) is 22.9 Å². The summed E-state index contributed by atoms with van der Waals surface area (Å²) in [4.78, 5) is 27.1. The molecule has 6 nitrogen and oxygen atoms in total. The Morgan fingerprint density at radius 3 is 2.91 bits per heavy atom. The van der Waals surface area contributed by atoms with Crippen molar-refractivity contribution in [3.05, 3.63) is 57.1 Å². The van der Waals surface area contributed by atoms with E-state index in [4.69, 9.17) is 27.9 Å². The van der Waals surface area contributed by atoms with Gasteiger partial charge in [-0.25, -0.2) is 4.98 Å². The van der Waals surface area contributed by atoms with Gasteiger partial charge in [0.25, 0.3) is 5.56 Å². The van der Waals surface area contributed by atoms with Gasteiger partial charge in [-0.15, -0.1) is 0 Å². The fourth-order valence-corrected chi connectivity index (χ4v) is 2.08. The van der Waals surface area contributed by atoms with Crippen molar-refractivity contribution >= 4 is 29.1 Å². The summed E-state index contributed by atoms with van der Waals surface area (Å²) < 4.78 is 6.64. The van der Waals surface area contributed by atoms with Crippen molar-refractivity contribution in [3.8, 4) is 5.88 Å². The second-order valence-corrected chi connectivity index (χ2v) is 5.15. The number of carbonyl (C=O) groups excluding carboxylic acids is 1. The molecule has 22 heavy (non-hydrogen) atoms. The standard InChI is InChI=1S/C14H13Cl2N3O3/c15-10-7-11(16)14(18-8-10)22-6-4-17-12(20)9-19-5-2-1-3-13(19)21/h1-3,5,7-8H,4,6,9H2,(H,17,20). The lowest BCUT2D eigenvalue weighted by Crippen LogP contribution is -2.34. The van der Waals surface area contributed by atoms with Gasteiger partial charge >= 0.3 is 0 Å². The molecule has 0 aliphatic heterocycles. The van der Waals surface area contributed by atoms with E-state index in [1.807, 2.05) is 0 Å². The van der Waals surface area contributed by atoms with Crippen molar-refractivity contribution in [2.24, 2.45) is 0 Å². The van der Waals surface area contributed by atoms with E-state index in [0.717, 1.165) is 0 Å². The Morgan fingerprint density at radius 2 is 2.18 bits per heavy atom.